The maximum Gasteiger partial charge on any atom is 0.250 e. The van der Waals surface area contributed by atoms with Crippen molar-refractivity contribution < 1.29 is 9.13 Å². The number of anilines is 2. The largest absolute Gasteiger partial charge is 0.496 e. The molecule has 1 saturated carbocycles. The van der Waals surface area contributed by atoms with E-state index in [2.05, 4.69) is 18.7 Å². The molecule has 4 rings (SSSR count). The van der Waals surface area contributed by atoms with Crippen molar-refractivity contribution in [1.29, 1.82) is 0 Å². The average Bonchev–Trinajstić information content (AvgIpc) is 3.54. The van der Waals surface area contributed by atoms with Crippen LogP contribution in [0.25, 0.3) is 0 Å². The Morgan fingerprint density at radius 3 is 2.55 bits per heavy atom. The van der Waals surface area contributed by atoms with Crippen molar-refractivity contribution in [2.24, 2.45) is 5.92 Å². The molecule has 5 nitrogen and oxygen atoms in total. The molecule has 1 aromatic heterocycles. The summed E-state index contributed by atoms with van der Waals surface area (Å²) in [5.74, 6) is 2.70. The van der Waals surface area contributed by atoms with Gasteiger partial charge in [-0.2, -0.15) is 4.98 Å². The van der Waals surface area contributed by atoms with Crippen molar-refractivity contribution in [3.8, 4) is 5.75 Å². The van der Waals surface area contributed by atoms with Gasteiger partial charge in [0.15, 0.2) is 0 Å². The van der Waals surface area contributed by atoms with Gasteiger partial charge in [-0.1, -0.05) is 50.4 Å². The molecule has 1 aliphatic rings. The number of hydrogen-bond acceptors (Lipinski definition) is 4. The number of rotatable bonds is 10. The van der Waals surface area contributed by atoms with Crippen molar-refractivity contribution in [2.75, 3.05) is 12.0 Å². The van der Waals surface area contributed by atoms with Crippen molar-refractivity contribution >= 4 is 23.2 Å². The minimum atomic E-state index is -0.243. The van der Waals surface area contributed by atoms with Crippen LogP contribution >= 0.6 is 11.6 Å². The van der Waals surface area contributed by atoms with Gasteiger partial charge in [0, 0.05) is 19.0 Å². The molecule has 0 N–H and O–H groups in total. The summed E-state index contributed by atoms with van der Waals surface area (Å²) >= 11 is 6.83. The summed E-state index contributed by atoms with van der Waals surface area (Å²) in [6.07, 6.45) is 5.11. The predicted octanol–water partition coefficient (Wildman–Crippen LogP) is 7.04. The molecule has 0 spiro atoms. The molecule has 0 aliphatic heterocycles. The second-order valence-corrected chi connectivity index (χ2v) is 9.20. The Balaban J connectivity index is 1.89. The Morgan fingerprint density at radius 1 is 1.21 bits per heavy atom. The summed E-state index contributed by atoms with van der Waals surface area (Å²) in [7, 11) is 1.64. The second-order valence-electron chi connectivity index (χ2n) is 8.79. The van der Waals surface area contributed by atoms with Crippen molar-refractivity contribution in [3.05, 3.63) is 64.2 Å². The van der Waals surface area contributed by atoms with Crippen molar-refractivity contribution in [2.45, 2.75) is 65.5 Å². The van der Waals surface area contributed by atoms with Gasteiger partial charge in [-0.25, -0.2) is 9.07 Å². The van der Waals surface area contributed by atoms with Crippen LogP contribution in [0.5, 0.6) is 5.75 Å². The van der Waals surface area contributed by atoms with Crippen LogP contribution < -0.4 is 9.64 Å². The second kappa shape index (κ2) is 10.1. The Bertz CT molecular complexity index is 1090. The van der Waals surface area contributed by atoms with E-state index in [1.54, 1.807) is 7.11 Å². The van der Waals surface area contributed by atoms with Gasteiger partial charge in [-0.05, 0) is 55.0 Å². The molecule has 176 valence electrons. The molecule has 0 saturated heterocycles. The molecule has 0 radical (unpaired) electrons. The first-order valence-electron chi connectivity index (χ1n) is 11.8. The number of aromatic nitrogens is 3. The van der Waals surface area contributed by atoms with Crippen molar-refractivity contribution in [3.63, 3.8) is 0 Å². The number of halogens is 2. The number of ether oxygens (including phenoxy) is 1. The van der Waals surface area contributed by atoms with E-state index in [1.807, 2.05) is 35.9 Å². The zero-order valence-electron chi connectivity index (χ0n) is 19.8. The average molecular weight is 471 g/mol. The smallest absolute Gasteiger partial charge is 0.250 e. The first kappa shape index (κ1) is 23.6. The molecule has 2 aromatic carbocycles. The molecule has 33 heavy (non-hydrogen) atoms. The molecule has 1 atom stereocenters. The lowest BCUT2D eigenvalue weighted by molar-refractivity contribution is 0.411. The monoisotopic (exact) mass is 470 g/mol. The third-order valence-corrected chi connectivity index (χ3v) is 6.55. The fourth-order valence-electron chi connectivity index (χ4n) is 4.33. The first-order valence-corrected chi connectivity index (χ1v) is 12.1. The highest BCUT2D eigenvalue weighted by Crippen LogP contribution is 2.46. The molecule has 0 unspecified atom stereocenters. The number of aryl methyl sites for hydroxylation is 3. The molecule has 7 heteroatoms. The zero-order chi connectivity index (χ0) is 23.5. The van der Waals surface area contributed by atoms with Crippen LogP contribution in [0.15, 0.2) is 36.4 Å². The van der Waals surface area contributed by atoms with Crippen LogP contribution in [0.1, 0.15) is 62.5 Å². The molecule has 1 heterocycles. The summed E-state index contributed by atoms with van der Waals surface area (Å²) in [4.78, 5) is 7.09. The van der Waals surface area contributed by atoms with Gasteiger partial charge in [-0.3, -0.25) is 0 Å². The Hall–Kier alpha value is -2.60. The first-order chi connectivity index (χ1) is 15.9. The van der Waals surface area contributed by atoms with Gasteiger partial charge >= 0.3 is 0 Å². The van der Waals surface area contributed by atoms with E-state index in [-0.39, 0.29) is 11.9 Å². The predicted molar refractivity (Wildman–Crippen MR) is 131 cm³/mol. The number of methoxy groups -OCH3 is 1. The fraction of sp³-hybridized carbons (Fsp3) is 0.462. The normalized spacial score (nSPS) is 14.4. The molecule has 1 fully saturated rings. The van der Waals surface area contributed by atoms with E-state index in [9.17, 15) is 4.39 Å². The van der Waals surface area contributed by atoms with Gasteiger partial charge < -0.3 is 9.64 Å². The highest BCUT2D eigenvalue weighted by Gasteiger charge is 2.34. The Labute approximate surface area is 200 Å². The van der Waals surface area contributed by atoms with Gasteiger partial charge in [0.1, 0.15) is 17.4 Å². The molecular formula is C26H32ClFN4O. The van der Waals surface area contributed by atoms with Crippen LogP contribution in [-0.2, 0) is 13.0 Å². The van der Waals surface area contributed by atoms with Gasteiger partial charge in [0.25, 0.3) is 0 Å². The fourth-order valence-corrected chi connectivity index (χ4v) is 4.57. The summed E-state index contributed by atoms with van der Waals surface area (Å²) < 4.78 is 21.3. The van der Waals surface area contributed by atoms with E-state index < -0.39 is 0 Å². The van der Waals surface area contributed by atoms with Gasteiger partial charge in [0.2, 0.25) is 5.95 Å². The third-order valence-electron chi connectivity index (χ3n) is 6.25. The maximum absolute atomic E-state index is 13.8. The number of hydrogen-bond donors (Lipinski definition) is 0. The lowest BCUT2D eigenvalue weighted by Crippen LogP contribution is -2.26. The standard InChI is InChI=1S/C26H32ClFN4O/c1-5-13-31-25(6-2)29-26(30-31)32(23-14-17(3)24(33-4)16-21(23)27)22(15-18-7-8-18)19-9-11-20(28)12-10-19/h9-12,14,16,18,22H,5-8,13,15H2,1-4H3/t22-/m0/s1. The summed E-state index contributed by atoms with van der Waals surface area (Å²) in [6, 6.07) is 10.6. The maximum atomic E-state index is 13.8. The Morgan fingerprint density at radius 2 is 1.94 bits per heavy atom. The van der Waals surface area contributed by atoms with Crippen LogP contribution in [0.3, 0.4) is 0 Å². The van der Waals surface area contributed by atoms with Crippen LogP contribution in [-0.4, -0.2) is 21.9 Å². The minimum Gasteiger partial charge on any atom is -0.496 e. The molecule has 3 aromatic rings. The van der Waals surface area contributed by atoms with E-state index >= 15 is 0 Å². The van der Waals surface area contributed by atoms with Crippen LogP contribution in [0.4, 0.5) is 16.0 Å². The Kier molecular flexibility index (Phi) is 7.23. The lowest BCUT2D eigenvalue weighted by atomic mass is 9.98. The van der Waals surface area contributed by atoms with E-state index in [0.717, 1.165) is 54.2 Å². The highest BCUT2D eigenvalue weighted by atomic mass is 35.5. The summed E-state index contributed by atoms with van der Waals surface area (Å²) in [5.41, 5.74) is 2.84. The molecule has 1 aliphatic carbocycles. The third kappa shape index (κ3) is 5.16. The lowest BCUT2D eigenvalue weighted by Gasteiger charge is -2.33. The minimum absolute atomic E-state index is 0.0643. The highest BCUT2D eigenvalue weighted by molar-refractivity contribution is 6.33. The summed E-state index contributed by atoms with van der Waals surface area (Å²) in [5, 5.41) is 5.49. The van der Waals surface area contributed by atoms with Crippen molar-refractivity contribution in [1.82, 2.24) is 14.8 Å². The van der Waals surface area contributed by atoms with E-state index in [4.69, 9.17) is 26.4 Å². The van der Waals surface area contributed by atoms with Gasteiger partial charge in [0.05, 0.1) is 23.9 Å². The summed E-state index contributed by atoms with van der Waals surface area (Å²) in [6.45, 7) is 7.04. The molecular weight excluding hydrogens is 439 g/mol. The SMILES string of the molecule is CCCn1nc(N(c2cc(C)c(OC)cc2Cl)[C@@H](CC2CC2)c2ccc(F)cc2)nc1CC. The zero-order valence-corrected chi connectivity index (χ0v) is 20.6. The number of benzene rings is 2. The topological polar surface area (TPSA) is 43.2 Å². The molecule has 0 bridgehead atoms. The van der Waals surface area contributed by atoms with Crippen LogP contribution in [0.2, 0.25) is 5.02 Å². The quantitative estimate of drug-likeness (QED) is 0.318. The van der Waals surface area contributed by atoms with E-state index in [0.29, 0.717) is 16.9 Å². The molecule has 0 amide bonds. The van der Waals surface area contributed by atoms with Gasteiger partial charge in [-0.15, -0.1) is 5.10 Å². The van der Waals surface area contributed by atoms with Crippen LogP contribution in [0, 0.1) is 18.7 Å². The number of nitrogens with zero attached hydrogens (tertiary/aromatic N) is 4. The van der Waals surface area contributed by atoms with E-state index in [1.165, 1.54) is 25.0 Å².